The van der Waals surface area contributed by atoms with Gasteiger partial charge in [-0.25, -0.2) is 0 Å². The lowest BCUT2D eigenvalue weighted by Gasteiger charge is -2.06. The van der Waals surface area contributed by atoms with Gasteiger partial charge in [0.25, 0.3) is 5.91 Å². The zero-order valence-corrected chi connectivity index (χ0v) is 13.0. The van der Waals surface area contributed by atoms with Crippen molar-refractivity contribution < 1.29 is 4.79 Å². The fourth-order valence-corrected chi connectivity index (χ4v) is 2.17. The van der Waals surface area contributed by atoms with Crippen LogP contribution in [0.3, 0.4) is 0 Å². The van der Waals surface area contributed by atoms with E-state index in [1.807, 2.05) is 24.3 Å². The van der Waals surface area contributed by atoms with E-state index in [0.29, 0.717) is 17.1 Å². The van der Waals surface area contributed by atoms with Gasteiger partial charge in [0.1, 0.15) is 0 Å². The maximum Gasteiger partial charge on any atom is 0.251 e. The quantitative estimate of drug-likeness (QED) is 0.824. The van der Waals surface area contributed by atoms with Gasteiger partial charge in [-0.05, 0) is 58.2 Å². The number of carbonyl (C=O) groups excluding carboxylic acids is 1. The molecule has 0 bridgehead atoms. The van der Waals surface area contributed by atoms with Gasteiger partial charge in [0.2, 0.25) is 0 Å². The molecule has 0 saturated carbocycles. The number of benzene rings is 2. The van der Waals surface area contributed by atoms with E-state index in [-0.39, 0.29) is 5.91 Å². The molecule has 0 heterocycles. The van der Waals surface area contributed by atoms with Gasteiger partial charge in [-0.2, -0.15) is 0 Å². The minimum absolute atomic E-state index is 0.130. The van der Waals surface area contributed by atoms with Crippen molar-refractivity contribution in [2.75, 3.05) is 12.3 Å². The predicted molar refractivity (Wildman–Crippen MR) is 86.0 cm³/mol. The maximum absolute atomic E-state index is 11.9. The smallest absolute Gasteiger partial charge is 0.251 e. The fourth-order valence-electron chi connectivity index (χ4n) is 1.74. The van der Waals surface area contributed by atoms with Gasteiger partial charge in [-0.3, -0.25) is 4.79 Å². The highest BCUT2D eigenvalue weighted by molar-refractivity contribution is 9.10. The summed E-state index contributed by atoms with van der Waals surface area (Å²) in [7, 11) is 0. The zero-order valence-electron chi connectivity index (χ0n) is 10.7. The molecule has 0 aliphatic carbocycles. The normalized spacial score (nSPS) is 10.3. The molecule has 2 rings (SSSR count). The highest BCUT2D eigenvalue weighted by Crippen LogP contribution is 2.23. The molecular weight excluding hydrogens is 340 g/mol. The van der Waals surface area contributed by atoms with Crippen LogP contribution >= 0.6 is 27.5 Å². The number of nitrogens with two attached hydrogens (primary N) is 1. The molecule has 0 aliphatic rings. The number of rotatable bonds is 4. The Labute approximate surface area is 131 Å². The molecule has 2 aromatic rings. The van der Waals surface area contributed by atoms with E-state index in [4.69, 9.17) is 17.3 Å². The minimum Gasteiger partial charge on any atom is -0.399 e. The molecule has 3 N–H and O–H groups in total. The minimum atomic E-state index is -0.130. The molecule has 0 saturated heterocycles. The van der Waals surface area contributed by atoms with Crippen molar-refractivity contribution in [3.63, 3.8) is 0 Å². The topological polar surface area (TPSA) is 55.1 Å². The van der Waals surface area contributed by atoms with Crippen LogP contribution in [0.5, 0.6) is 0 Å². The molecule has 0 spiro atoms. The highest BCUT2D eigenvalue weighted by atomic mass is 79.9. The van der Waals surface area contributed by atoms with Gasteiger partial charge in [0.15, 0.2) is 0 Å². The Kier molecular flexibility index (Phi) is 5.04. The molecule has 0 fully saturated rings. The largest absolute Gasteiger partial charge is 0.399 e. The molecule has 5 heteroatoms. The summed E-state index contributed by atoms with van der Waals surface area (Å²) in [5.41, 5.74) is 8.04. The van der Waals surface area contributed by atoms with Gasteiger partial charge in [-0.1, -0.05) is 23.7 Å². The Morgan fingerprint density at radius 1 is 1.20 bits per heavy atom. The Morgan fingerprint density at radius 3 is 2.55 bits per heavy atom. The third kappa shape index (κ3) is 3.99. The Balaban J connectivity index is 1.88. The lowest BCUT2D eigenvalue weighted by Crippen LogP contribution is -2.25. The summed E-state index contributed by atoms with van der Waals surface area (Å²) in [5, 5.41) is 3.39. The van der Waals surface area contributed by atoms with Crippen molar-refractivity contribution in [1.82, 2.24) is 5.32 Å². The molecule has 2 aromatic carbocycles. The second kappa shape index (κ2) is 6.77. The second-order valence-corrected chi connectivity index (χ2v) is 5.64. The van der Waals surface area contributed by atoms with E-state index >= 15 is 0 Å². The zero-order chi connectivity index (χ0) is 14.5. The van der Waals surface area contributed by atoms with Crippen LogP contribution < -0.4 is 11.1 Å². The van der Waals surface area contributed by atoms with Crippen LogP contribution in [-0.4, -0.2) is 12.5 Å². The molecule has 0 aromatic heterocycles. The first-order valence-corrected chi connectivity index (χ1v) is 7.31. The summed E-state index contributed by atoms with van der Waals surface area (Å²) in [6.45, 7) is 0.566. The molecular formula is C15H14BrClN2O. The average Bonchev–Trinajstić information content (AvgIpc) is 2.44. The molecule has 20 heavy (non-hydrogen) atoms. The van der Waals surface area contributed by atoms with E-state index in [0.717, 1.165) is 22.1 Å². The molecule has 3 nitrogen and oxygen atoms in total. The summed E-state index contributed by atoms with van der Waals surface area (Å²) in [6.07, 6.45) is 0.760. The van der Waals surface area contributed by atoms with Crippen LogP contribution in [0.4, 0.5) is 5.69 Å². The van der Waals surface area contributed by atoms with Crippen LogP contribution in [0, 0.1) is 0 Å². The summed E-state index contributed by atoms with van der Waals surface area (Å²) in [4.78, 5) is 11.9. The van der Waals surface area contributed by atoms with E-state index in [1.54, 1.807) is 18.2 Å². The van der Waals surface area contributed by atoms with Crippen LogP contribution in [0.2, 0.25) is 5.02 Å². The van der Waals surface area contributed by atoms with Gasteiger partial charge in [-0.15, -0.1) is 0 Å². The number of halogens is 2. The van der Waals surface area contributed by atoms with Crippen LogP contribution in [0.25, 0.3) is 0 Å². The Hall–Kier alpha value is -1.52. The third-order valence-electron chi connectivity index (χ3n) is 2.86. The first-order chi connectivity index (χ1) is 9.56. The van der Waals surface area contributed by atoms with Crippen molar-refractivity contribution in [3.05, 3.63) is 63.1 Å². The van der Waals surface area contributed by atoms with Crippen molar-refractivity contribution in [2.24, 2.45) is 0 Å². The standard InChI is InChI=1S/C15H14BrClN2O/c16-13-6-3-11(9-14(13)17)15(20)19-8-7-10-1-4-12(18)5-2-10/h1-6,9H,7-8,18H2,(H,19,20). The number of amides is 1. The molecule has 104 valence electrons. The Morgan fingerprint density at radius 2 is 1.90 bits per heavy atom. The maximum atomic E-state index is 11.9. The summed E-state index contributed by atoms with van der Waals surface area (Å²) >= 11 is 9.26. The number of hydrogen-bond acceptors (Lipinski definition) is 2. The summed E-state index contributed by atoms with van der Waals surface area (Å²) in [5.74, 6) is -0.130. The number of carbonyl (C=O) groups is 1. The van der Waals surface area contributed by atoms with E-state index in [1.165, 1.54) is 0 Å². The van der Waals surface area contributed by atoms with Crippen molar-refractivity contribution in [1.29, 1.82) is 0 Å². The lowest BCUT2D eigenvalue weighted by atomic mass is 10.1. The fraction of sp³-hybridized carbons (Fsp3) is 0.133. The molecule has 0 radical (unpaired) electrons. The highest BCUT2D eigenvalue weighted by Gasteiger charge is 2.07. The molecule has 0 atom stereocenters. The average molecular weight is 354 g/mol. The van der Waals surface area contributed by atoms with Gasteiger partial charge in [0.05, 0.1) is 5.02 Å². The van der Waals surface area contributed by atoms with Crippen molar-refractivity contribution in [2.45, 2.75) is 6.42 Å². The SMILES string of the molecule is Nc1ccc(CCNC(=O)c2ccc(Br)c(Cl)c2)cc1. The first kappa shape index (κ1) is 14.9. The second-order valence-electron chi connectivity index (χ2n) is 4.38. The monoisotopic (exact) mass is 352 g/mol. The van der Waals surface area contributed by atoms with E-state index in [2.05, 4.69) is 21.2 Å². The van der Waals surface area contributed by atoms with Crippen molar-refractivity contribution >= 4 is 39.1 Å². The van der Waals surface area contributed by atoms with Crippen LogP contribution in [0.15, 0.2) is 46.9 Å². The lowest BCUT2D eigenvalue weighted by molar-refractivity contribution is 0.0954. The van der Waals surface area contributed by atoms with Gasteiger partial charge >= 0.3 is 0 Å². The molecule has 1 amide bonds. The third-order valence-corrected chi connectivity index (χ3v) is 4.09. The first-order valence-electron chi connectivity index (χ1n) is 6.14. The molecule has 0 aliphatic heterocycles. The van der Waals surface area contributed by atoms with E-state index < -0.39 is 0 Å². The van der Waals surface area contributed by atoms with Gasteiger partial charge in [0, 0.05) is 22.3 Å². The number of anilines is 1. The Bertz CT molecular complexity index is 614. The molecule has 0 unspecified atom stereocenters. The predicted octanol–water partition coefficient (Wildman–Crippen LogP) is 3.66. The van der Waals surface area contributed by atoms with Gasteiger partial charge < -0.3 is 11.1 Å². The number of nitrogens with one attached hydrogen (secondary N) is 1. The summed E-state index contributed by atoms with van der Waals surface area (Å²) < 4.78 is 0.776. The van der Waals surface area contributed by atoms with Crippen LogP contribution in [0.1, 0.15) is 15.9 Å². The van der Waals surface area contributed by atoms with Crippen molar-refractivity contribution in [3.8, 4) is 0 Å². The number of hydrogen-bond donors (Lipinski definition) is 2. The summed E-state index contributed by atoms with van der Waals surface area (Å²) in [6, 6.07) is 12.8. The van der Waals surface area contributed by atoms with Crippen LogP contribution in [-0.2, 0) is 6.42 Å². The van der Waals surface area contributed by atoms with E-state index in [9.17, 15) is 4.79 Å². The number of nitrogen functional groups attached to an aromatic ring is 1.